The first-order valence-electron chi connectivity index (χ1n) is 8.47. The maximum Gasteiger partial charge on any atom is 0.225 e. The zero-order valence-corrected chi connectivity index (χ0v) is 12.7. The number of carbonyl (C=O) groups is 1. The van der Waals surface area contributed by atoms with Crippen LogP contribution in [0.1, 0.15) is 45.4 Å². The van der Waals surface area contributed by atoms with Crippen molar-refractivity contribution in [3.8, 4) is 0 Å². The molecule has 3 rings (SSSR count). The van der Waals surface area contributed by atoms with Gasteiger partial charge in [-0.2, -0.15) is 0 Å². The molecule has 0 aromatic heterocycles. The number of amides is 1. The molecule has 4 unspecified atom stereocenters. The van der Waals surface area contributed by atoms with Gasteiger partial charge in [0.05, 0.1) is 5.92 Å². The summed E-state index contributed by atoms with van der Waals surface area (Å²) in [5.74, 6) is 1.53. The molecule has 0 spiro atoms. The van der Waals surface area contributed by atoms with Crippen molar-refractivity contribution in [2.75, 3.05) is 19.6 Å². The molecular formula is C16H29N3O. The van der Waals surface area contributed by atoms with Crippen LogP contribution in [0.2, 0.25) is 0 Å². The van der Waals surface area contributed by atoms with E-state index in [1.807, 2.05) is 0 Å². The Kier molecular flexibility index (Phi) is 4.32. The van der Waals surface area contributed by atoms with Gasteiger partial charge in [0.1, 0.15) is 0 Å². The molecule has 2 aliphatic carbocycles. The van der Waals surface area contributed by atoms with Crippen molar-refractivity contribution in [2.45, 2.75) is 57.5 Å². The molecular weight excluding hydrogens is 250 g/mol. The van der Waals surface area contributed by atoms with Crippen molar-refractivity contribution >= 4 is 5.91 Å². The van der Waals surface area contributed by atoms with Gasteiger partial charge in [-0.25, -0.2) is 0 Å². The van der Waals surface area contributed by atoms with E-state index in [0.717, 1.165) is 25.9 Å². The number of likely N-dealkylation sites (tertiary alicyclic amines) is 1. The normalized spacial score (nSPS) is 38.3. The van der Waals surface area contributed by atoms with E-state index in [-0.39, 0.29) is 17.9 Å². The summed E-state index contributed by atoms with van der Waals surface area (Å²) in [6, 6.07) is 0.496. The highest BCUT2D eigenvalue weighted by molar-refractivity contribution is 5.80. The van der Waals surface area contributed by atoms with Gasteiger partial charge in [-0.15, -0.1) is 0 Å². The van der Waals surface area contributed by atoms with Gasteiger partial charge in [-0.1, -0.05) is 6.92 Å². The third kappa shape index (κ3) is 2.73. The Balaban J connectivity index is 1.48. The zero-order chi connectivity index (χ0) is 14.1. The van der Waals surface area contributed by atoms with Crippen molar-refractivity contribution < 1.29 is 4.79 Å². The number of hydrogen-bond donors (Lipinski definition) is 2. The molecule has 3 aliphatic rings. The minimum atomic E-state index is 0.0995. The summed E-state index contributed by atoms with van der Waals surface area (Å²) in [7, 11) is 0. The van der Waals surface area contributed by atoms with Crippen LogP contribution in [-0.2, 0) is 4.79 Å². The SMILES string of the molecule is CCCN1CCC(NC(=O)C2C3CCC(C3)C2N)CC1. The second kappa shape index (κ2) is 6.02. The van der Waals surface area contributed by atoms with E-state index in [9.17, 15) is 4.79 Å². The number of nitrogens with zero attached hydrogens (tertiary/aromatic N) is 1. The van der Waals surface area contributed by atoms with E-state index in [2.05, 4.69) is 17.1 Å². The van der Waals surface area contributed by atoms with Gasteiger partial charge < -0.3 is 16.0 Å². The summed E-state index contributed by atoms with van der Waals surface area (Å²) in [4.78, 5) is 15.0. The maximum atomic E-state index is 12.5. The number of hydrogen-bond acceptors (Lipinski definition) is 3. The molecule has 114 valence electrons. The van der Waals surface area contributed by atoms with Crippen LogP contribution in [0, 0.1) is 17.8 Å². The predicted molar refractivity (Wildman–Crippen MR) is 80.2 cm³/mol. The highest BCUT2D eigenvalue weighted by Gasteiger charge is 2.49. The predicted octanol–water partition coefficient (Wildman–Crippen LogP) is 1.35. The Morgan fingerprint density at radius 2 is 1.90 bits per heavy atom. The molecule has 0 aromatic rings. The largest absolute Gasteiger partial charge is 0.353 e. The highest BCUT2D eigenvalue weighted by atomic mass is 16.2. The van der Waals surface area contributed by atoms with Gasteiger partial charge in [-0.05, 0) is 56.9 Å². The maximum absolute atomic E-state index is 12.5. The van der Waals surface area contributed by atoms with E-state index in [1.54, 1.807) is 0 Å². The number of rotatable bonds is 4. The molecule has 0 aromatic carbocycles. The molecule has 0 radical (unpaired) electrons. The molecule has 4 atom stereocenters. The first kappa shape index (κ1) is 14.3. The third-order valence-corrected chi connectivity index (χ3v) is 5.76. The fourth-order valence-corrected chi connectivity index (χ4v) is 4.64. The van der Waals surface area contributed by atoms with E-state index in [0.29, 0.717) is 17.9 Å². The second-order valence-electron chi connectivity index (χ2n) is 7.06. The molecule has 1 aliphatic heterocycles. The smallest absolute Gasteiger partial charge is 0.225 e. The Labute approximate surface area is 122 Å². The molecule has 4 heteroatoms. The van der Waals surface area contributed by atoms with Crippen molar-refractivity contribution in [1.29, 1.82) is 0 Å². The van der Waals surface area contributed by atoms with Crippen molar-refractivity contribution in [3.63, 3.8) is 0 Å². The quantitative estimate of drug-likeness (QED) is 0.817. The van der Waals surface area contributed by atoms with Gasteiger partial charge in [-0.3, -0.25) is 4.79 Å². The first-order chi connectivity index (χ1) is 9.69. The number of piperidine rings is 1. The summed E-state index contributed by atoms with van der Waals surface area (Å²) in [5, 5.41) is 3.29. The van der Waals surface area contributed by atoms with Crippen molar-refractivity contribution in [3.05, 3.63) is 0 Å². The molecule has 3 fully saturated rings. The van der Waals surface area contributed by atoms with Crippen LogP contribution in [-0.4, -0.2) is 42.5 Å². The van der Waals surface area contributed by atoms with E-state index < -0.39 is 0 Å². The van der Waals surface area contributed by atoms with E-state index in [4.69, 9.17) is 5.73 Å². The molecule has 2 bridgehead atoms. The Hall–Kier alpha value is -0.610. The van der Waals surface area contributed by atoms with Crippen LogP contribution in [0.25, 0.3) is 0 Å². The Bertz CT molecular complexity index is 350. The van der Waals surface area contributed by atoms with Gasteiger partial charge in [0, 0.05) is 25.2 Å². The average Bonchev–Trinajstić information content (AvgIpc) is 3.02. The summed E-state index contributed by atoms with van der Waals surface area (Å²) >= 11 is 0. The second-order valence-corrected chi connectivity index (χ2v) is 7.06. The van der Waals surface area contributed by atoms with Gasteiger partial charge >= 0.3 is 0 Å². The highest BCUT2D eigenvalue weighted by Crippen LogP contribution is 2.47. The summed E-state index contributed by atoms with van der Waals surface area (Å²) in [6.45, 7) is 5.67. The van der Waals surface area contributed by atoms with Gasteiger partial charge in [0.15, 0.2) is 0 Å². The average molecular weight is 279 g/mol. The van der Waals surface area contributed by atoms with Crippen LogP contribution in [0.3, 0.4) is 0 Å². The van der Waals surface area contributed by atoms with Crippen LogP contribution >= 0.6 is 0 Å². The molecule has 4 nitrogen and oxygen atoms in total. The molecule has 2 saturated carbocycles. The standard InChI is InChI=1S/C16H29N3O/c1-2-7-19-8-5-13(6-9-19)18-16(20)14-11-3-4-12(10-11)15(14)17/h11-15H,2-10,17H2,1H3,(H,18,20). The third-order valence-electron chi connectivity index (χ3n) is 5.76. The number of nitrogens with two attached hydrogens (primary N) is 1. The number of fused-ring (bicyclic) bond motifs is 2. The summed E-state index contributed by atoms with van der Waals surface area (Å²) in [6.07, 6.45) is 7.06. The number of nitrogens with one attached hydrogen (secondary N) is 1. The summed E-state index contributed by atoms with van der Waals surface area (Å²) < 4.78 is 0. The fourth-order valence-electron chi connectivity index (χ4n) is 4.64. The lowest BCUT2D eigenvalue weighted by molar-refractivity contribution is -0.128. The molecule has 3 N–H and O–H groups in total. The minimum Gasteiger partial charge on any atom is -0.353 e. The fraction of sp³-hybridized carbons (Fsp3) is 0.938. The minimum absolute atomic E-state index is 0.0995. The number of carbonyl (C=O) groups excluding carboxylic acids is 1. The van der Waals surface area contributed by atoms with Crippen LogP contribution in [0.15, 0.2) is 0 Å². The lowest BCUT2D eigenvalue weighted by Crippen LogP contribution is -2.50. The zero-order valence-electron chi connectivity index (χ0n) is 12.7. The van der Waals surface area contributed by atoms with Gasteiger partial charge in [0.2, 0.25) is 5.91 Å². The molecule has 1 amide bonds. The van der Waals surface area contributed by atoms with Gasteiger partial charge in [0.25, 0.3) is 0 Å². The Morgan fingerprint density at radius 1 is 1.20 bits per heavy atom. The monoisotopic (exact) mass is 279 g/mol. The Morgan fingerprint density at radius 3 is 2.50 bits per heavy atom. The molecule has 1 heterocycles. The van der Waals surface area contributed by atoms with Crippen LogP contribution in [0.5, 0.6) is 0 Å². The van der Waals surface area contributed by atoms with E-state index >= 15 is 0 Å². The van der Waals surface area contributed by atoms with Crippen LogP contribution < -0.4 is 11.1 Å². The van der Waals surface area contributed by atoms with Crippen molar-refractivity contribution in [2.24, 2.45) is 23.5 Å². The lowest BCUT2D eigenvalue weighted by atomic mass is 9.84. The van der Waals surface area contributed by atoms with Crippen molar-refractivity contribution in [1.82, 2.24) is 10.2 Å². The first-order valence-corrected chi connectivity index (χ1v) is 8.47. The molecule has 20 heavy (non-hydrogen) atoms. The summed E-state index contributed by atoms with van der Waals surface area (Å²) in [5.41, 5.74) is 6.26. The lowest BCUT2D eigenvalue weighted by Gasteiger charge is -2.34. The van der Waals surface area contributed by atoms with E-state index in [1.165, 1.54) is 32.2 Å². The topological polar surface area (TPSA) is 58.4 Å². The molecule has 1 saturated heterocycles. The van der Waals surface area contributed by atoms with Crippen LogP contribution in [0.4, 0.5) is 0 Å².